The minimum absolute atomic E-state index is 0.148. The molecule has 1 rings (SSSR count). The molecule has 1 fully saturated rings. The number of ether oxygens (including phenoxy) is 1. The van der Waals surface area contributed by atoms with Gasteiger partial charge in [-0.15, -0.1) is 0 Å². The zero-order valence-electron chi connectivity index (χ0n) is 7.29. The number of methoxy groups -OCH3 is 1. The Morgan fingerprint density at radius 2 is 2.45 bits per heavy atom. The van der Waals surface area contributed by atoms with Crippen LogP contribution in [0, 0.1) is 0 Å². The molecule has 2 unspecified atom stereocenters. The maximum Gasteiger partial charge on any atom is 0.107 e. The van der Waals surface area contributed by atoms with E-state index in [1.807, 2.05) is 6.92 Å². The fourth-order valence-electron chi connectivity index (χ4n) is 1.67. The largest absolute Gasteiger partial charge is 0.395 e. The Kier molecular flexibility index (Phi) is 3.30. The van der Waals surface area contributed by atoms with Gasteiger partial charge in [0.15, 0.2) is 0 Å². The molecule has 3 heteroatoms. The molecule has 0 radical (unpaired) electrons. The Labute approximate surface area is 68.0 Å². The Hall–Kier alpha value is -0.120. The lowest BCUT2D eigenvalue weighted by Crippen LogP contribution is -2.40. The lowest BCUT2D eigenvalue weighted by Gasteiger charge is -2.27. The van der Waals surface area contributed by atoms with E-state index >= 15 is 0 Å². The van der Waals surface area contributed by atoms with Crippen LogP contribution in [0.15, 0.2) is 0 Å². The summed E-state index contributed by atoms with van der Waals surface area (Å²) in [4.78, 5) is 2.21. The Bertz CT molecular complexity index is 119. The molecule has 0 aromatic heterocycles. The van der Waals surface area contributed by atoms with Crippen LogP contribution in [-0.4, -0.2) is 42.5 Å². The van der Waals surface area contributed by atoms with E-state index in [-0.39, 0.29) is 12.8 Å². The fraction of sp³-hybridized carbons (Fsp3) is 1.00. The molecular weight excluding hydrogens is 142 g/mol. The van der Waals surface area contributed by atoms with Crippen LogP contribution in [0.2, 0.25) is 0 Å². The maximum atomic E-state index is 8.98. The van der Waals surface area contributed by atoms with Gasteiger partial charge >= 0.3 is 0 Å². The smallest absolute Gasteiger partial charge is 0.107 e. The Morgan fingerprint density at radius 1 is 1.73 bits per heavy atom. The van der Waals surface area contributed by atoms with E-state index in [0.717, 1.165) is 13.0 Å². The molecule has 0 amide bonds. The third-order valence-electron chi connectivity index (χ3n) is 2.44. The van der Waals surface area contributed by atoms with Crippen molar-refractivity contribution < 1.29 is 9.84 Å². The average Bonchev–Trinajstić information content (AvgIpc) is 2.50. The SMILES string of the molecule is COC(C)N1CCCC1CO. The van der Waals surface area contributed by atoms with Crippen LogP contribution in [0.25, 0.3) is 0 Å². The van der Waals surface area contributed by atoms with Gasteiger partial charge in [0.1, 0.15) is 6.23 Å². The van der Waals surface area contributed by atoms with E-state index in [9.17, 15) is 0 Å². The highest BCUT2D eigenvalue weighted by Crippen LogP contribution is 2.19. The Balaban J connectivity index is 2.42. The summed E-state index contributed by atoms with van der Waals surface area (Å²) in [7, 11) is 1.71. The number of aliphatic hydroxyl groups is 1. The van der Waals surface area contributed by atoms with Gasteiger partial charge in [0.25, 0.3) is 0 Å². The van der Waals surface area contributed by atoms with Crippen LogP contribution in [-0.2, 0) is 4.74 Å². The number of hydrogen-bond donors (Lipinski definition) is 1. The lowest BCUT2D eigenvalue weighted by molar-refractivity contribution is -0.0361. The van der Waals surface area contributed by atoms with Crippen LogP contribution in [0.5, 0.6) is 0 Å². The minimum atomic E-state index is 0.148. The van der Waals surface area contributed by atoms with E-state index < -0.39 is 0 Å². The van der Waals surface area contributed by atoms with Gasteiger partial charge in [-0.05, 0) is 19.8 Å². The third kappa shape index (κ3) is 1.92. The standard InChI is InChI=1S/C8H17NO2/c1-7(11-2)9-5-3-4-8(9)6-10/h7-8,10H,3-6H2,1-2H3. The summed E-state index contributed by atoms with van der Waals surface area (Å²) in [6, 6.07) is 0.324. The van der Waals surface area contributed by atoms with Crippen LogP contribution < -0.4 is 0 Å². The number of nitrogens with zero attached hydrogens (tertiary/aromatic N) is 1. The molecule has 0 aliphatic carbocycles. The number of aliphatic hydroxyl groups excluding tert-OH is 1. The molecular formula is C8H17NO2. The Morgan fingerprint density at radius 3 is 3.00 bits per heavy atom. The minimum Gasteiger partial charge on any atom is -0.395 e. The zero-order chi connectivity index (χ0) is 8.27. The summed E-state index contributed by atoms with van der Waals surface area (Å²) in [5.74, 6) is 0. The van der Waals surface area contributed by atoms with Crippen molar-refractivity contribution in [2.75, 3.05) is 20.3 Å². The first kappa shape index (κ1) is 8.97. The summed E-state index contributed by atoms with van der Waals surface area (Å²) in [5.41, 5.74) is 0. The highest BCUT2D eigenvalue weighted by Gasteiger charge is 2.27. The van der Waals surface area contributed by atoms with Gasteiger partial charge in [0.05, 0.1) is 6.61 Å². The van der Waals surface area contributed by atoms with Gasteiger partial charge in [-0.1, -0.05) is 0 Å². The predicted octanol–water partition coefficient (Wildman–Crippen LogP) is 0.435. The van der Waals surface area contributed by atoms with E-state index in [4.69, 9.17) is 9.84 Å². The average molecular weight is 159 g/mol. The monoisotopic (exact) mass is 159 g/mol. The molecule has 3 nitrogen and oxygen atoms in total. The van der Waals surface area contributed by atoms with E-state index in [2.05, 4.69) is 4.90 Å². The summed E-state index contributed by atoms with van der Waals surface area (Å²) in [6.45, 7) is 3.34. The first-order valence-corrected chi connectivity index (χ1v) is 4.19. The fourth-order valence-corrected chi connectivity index (χ4v) is 1.67. The van der Waals surface area contributed by atoms with Crippen molar-refractivity contribution in [2.24, 2.45) is 0 Å². The van der Waals surface area contributed by atoms with Crippen molar-refractivity contribution in [3.8, 4) is 0 Å². The normalized spacial score (nSPS) is 29.2. The summed E-state index contributed by atoms with van der Waals surface area (Å²) >= 11 is 0. The molecule has 1 saturated heterocycles. The number of likely N-dealkylation sites (tertiary alicyclic amines) is 1. The van der Waals surface area contributed by atoms with Crippen molar-refractivity contribution in [1.82, 2.24) is 4.90 Å². The second-order valence-electron chi connectivity index (χ2n) is 3.05. The molecule has 11 heavy (non-hydrogen) atoms. The molecule has 1 N–H and O–H groups in total. The van der Waals surface area contributed by atoms with Crippen molar-refractivity contribution >= 4 is 0 Å². The molecule has 0 aromatic carbocycles. The second-order valence-corrected chi connectivity index (χ2v) is 3.05. The maximum absolute atomic E-state index is 8.98. The van der Waals surface area contributed by atoms with Crippen LogP contribution >= 0.6 is 0 Å². The molecule has 0 bridgehead atoms. The van der Waals surface area contributed by atoms with Gasteiger partial charge in [-0.2, -0.15) is 0 Å². The van der Waals surface area contributed by atoms with Gasteiger partial charge in [0, 0.05) is 19.7 Å². The van der Waals surface area contributed by atoms with Crippen molar-refractivity contribution in [2.45, 2.75) is 32.0 Å². The third-order valence-corrected chi connectivity index (χ3v) is 2.44. The number of hydrogen-bond acceptors (Lipinski definition) is 3. The molecule has 1 heterocycles. The van der Waals surface area contributed by atoms with Crippen molar-refractivity contribution in [3.63, 3.8) is 0 Å². The van der Waals surface area contributed by atoms with E-state index in [0.29, 0.717) is 6.04 Å². The second kappa shape index (κ2) is 4.04. The van der Waals surface area contributed by atoms with Crippen LogP contribution in [0.3, 0.4) is 0 Å². The highest BCUT2D eigenvalue weighted by atomic mass is 16.5. The molecule has 1 aliphatic heterocycles. The summed E-state index contributed by atoms with van der Waals surface area (Å²) in [5, 5.41) is 8.98. The van der Waals surface area contributed by atoms with Gasteiger partial charge < -0.3 is 9.84 Å². The molecule has 0 saturated carbocycles. The molecule has 66 valence electrons. The van der Waals surface area contributed by atoms with Gasteiger partial charge in [0.2, 0.25) is 0 Å². The van der Waals surface area contributed by atoms with Crippen molar-refractivity contribution in [1.29, 1.82) is 0 Å². The molecule has 1 aliphatic rings. The highest BCUT2D eigenvalue weighted by molar-refractivity contribution is 4.78. The van der Waals surface area contributed by atoms with Crippen molar-refractivity contribution in [3.05, 3.63) is 0 Å². The predicted molar refractivity (Wildman–Crippen MR) is 43.3 cm³/mol. The lowest BCUT2D eigenvalue weighted by atomic mass is 10.2. The quantitative estimate of drug-likeness (QED) is 0.648. The molecule has 0 aromatic rings. The van der Waals surface area contributed by atoms with E-state index in [1.54, 1.807) is 7.11 Å². The van der Waals surface area contributed by atoms with E-state index in [1.165, 1.54) is 6.42 Å². The summed E-state index contributed by atoms with van der Waals surface area (Å²) < 4.78 is 5.18. The molecule has 0 spiro atoms. The topological polar surface area (TPSA) is 32.7 Å². The summed E-state index contributed by atoms with van der Waals surface area (Å²) in [6.07, 6.45) is 2.43. The van der Waals surface area contributed by atoms with Gasteiger partial charge in [-0.25, -0.2) is 0 Å². The first-order valence-electron chi connectivity index (χ1n) is 4.19. The molecule has 2 atom stereocenters. The first-order chi connectivity index (χ1) is 5.29. The zero-order valence-corrected chi connectivity index (χ0v) is 7.29. The van der Waals surface area contributed by atoms with Gasteiger partial charge in [-0.3, -0.25) is 4.90 Å². The van der Waals surface area contributed by atoms with Crippen LogP contribution in [0.4, 0.5) is 0 Å². The number of rotatable bonds is 3. The van der Waals surface area contributed by atoms with Crippen LogP contribution in [0.1, 0.15) is 19.8 Å².